The summed E-state index contributed by atoms with van der Waals surface area (Å²) in [6.07, 6.45) is 2.60. The lowest BCUT2D eigenvalue weighted by atomic mass is 9.82. The van der Waals surface area contributed by atoms with E-state index in [0.29, 0.717) is 32.2 Å². The minimum absolute atomic E-state index is 0.182. The molecule has 0 aromatic heterocycles. The number of amides is 1. The molecule has 114 valence electrons. The molecule has 21 heavy (non-hydrogen) atoms. The zero-order chi connectivity index (χ0) is 15.4. The first-order chi connectivity index (χ1) is 9.99. The van der Waals surface area contributed by atoms with E-state index in [-0.39, 0.29) is 17.4 Å². The third kappa shape index (κ3) is 3.77. The number of aliphatic carboxylic acids is 1. The molecule has 2 N–H and O–H groups in total. The first-order valence-electron chi connectivity index (χ1n) is 6.94. The van der Waals surface area contributed by atoms with E-state index < -0.39 is 23.5 Å². The van der Waals surface area contributed by atoms with Gasteiger partial charge in [-0.25, -0.2) is 8.78 Å². The Hall–Kier alpha value is -1.98. The van der Waals surface area contributed by atoms with Crippen molar-refractivity contribution >= 4 is 11.9 Å². The summed E-state index contributed by atoms with van der Waals surface area (Å²) < 4.78 is 26.5. The lowest BCUT2D eigenvalue weighted by Crippen LogP contribution is -2.33. The molecule has 0 atom stereocenters. The average Bonchev–Trinajstić information content (AvgIpc) is 2.48. The summed E-state index contributed by atoms with van der Waals surface area (Å²) in [4.78, 5) is 22.7. The van der Waals surface area contributed by atoms with Crippen LogP contribution in [0.4, 0.5) is 8.78 Å². The van der Waals surface area contributed by atoms with Crippen LogP contribution in [0.1, 0.15) is 36.0 Å². The standard InChI is InChI=1S/C15H17F2NO3/c16-12-3-1-2-11(13(12)17)14(19)18-8-9-4-6-10(7-5-9)15(20)21/h1-3,9-10H,4-8H2,(H,18,19)(H,20,21). The van der Waals surface area contributed by atoms with E-state index in [0.717, 1.165) is 6.07 Å². The van der Waals surface area contributed by atoms with E-state index in [2.05, 4.69) is 5.32 Å². The number of hydrogen-bond acceptors (Lipinski definition) is 2. The van der Waals surface area contributed by atoms with E-state index in [4.69, 9.17) is 5.11 Å². The number of carbonyl (C=O) groups is 2. The second-order valence-electron chi connectivity index (χ2n) is 5.37. The van der Waals surface area contributed by atoms with E-state index >= 15 is 0 Å². The van der Waals surface area contributed by atoms with Gasteiger partial charge in [0.1, 0.15) is 0 Å². The molecule has 4 nitrogen and oxygen atoms in total. The SMILES string of the molecule is O=C(NCC1CCC(C(=O)O)CC1)c1cccc(F)c1F. The molecule has 1 fully saturated rings. The van der Waals surface area contributed by atoms with Gasteiger partial charge in [-0.1, -0.05) is 6.07 Å². The Labute approximate surface area is 121 Å². The van der Waals surface area contributed by atoms with Gasteiger partial charge in [-0.2, -0.15) is 0 Å². The summed E-state index contributed by atoms with van der Waals surface area (Å²) in [6.45, 7) is 0.348. The fourth-order valence-electron chi connectivity index (χ4n) is 2.62. The molecule has 1 aromatic carbocycles. The van der Waals surface area contributed by atoms with Crippen LogP contribution in [0.2, 0.25) is 0 Å². The van der Waals surface area contributed by atoms with Crippen LogP contribution in [0.25, 0.3) is 0 Å². The van der Waals surface area contributed by atoms with Gasteiger partial charge in [-0.15, -0.1) is 0 Å². The van der Waals surface area contributed by atoms with Crippen molar-refractivity contribution in [2.24, 2.45) is 11.8 Å². The van der Waals surface area contributed by atoms with E-state index in [9.17, 15) is 18.4 Å². The van der Waals surface area contributed by atoms with Crippen molar-refractivity contribution in [1.29, 1.82) is 0 Å². The van der Waals surface area contributed by atoms with Gasteiger partial charge in [0.2, 0.25) is 0 Å². The van der Waals surface area contributed by atoms with Crippen molar-refractivity contribution in [3.63, 3.8) is 0 Å². The van der Waals surface area contributed by atoms with E-state index in [1.165, 1.54) is 12.1 Å². The lowest BCUT2D eigenvalue weighted by molar-refractivity contribution is -0.143. The van der Waals surface area contributed by atoms with E-state index in [1.54, 1.807) is 0 Å². The number of rotatable bonds is 4. The summed E-state index contributed by atoms with van der Waals surface area (Å²) in [7, 11) is 0. The van der Waals surface area contributed by atoms with Crippen molar-refractivity contribution < 1.29 is 23.5 Å². The van der Waals surface area contributed by atoms with Crippen LogP contribution >= 0.6 is 0 Å². The summed E-state index contributed by atoms with van der Waals surface area (Å²) in [6, 6.07) is 3.47. The van der Waals surface area contributed by atoms with Gasteiger partial charge < -0.3 is 10.4 Å². The van der Waals surface area contributed by atoms with Crippen LogP contribution in [-0.2, 0) is 4.79 Å². The predicted molar refractivity (Wildman–Crippen MR) is 71.8 cm³/mol. The van der Waals surface area contributed by atoms with Crippen molar-refractivity contribution in [1.82, 2.24) is 5.32 Å². The Kier molecular flexibility index (Phi) is 4.88. The maximum Gasteiger partial charge on any atom is 0.306 e. The number of hydrogen-bond donors (Lipinski definition) is 2. The minimum atomic E-state index is -1.15. The molecule has 2 rings (SSSR count). The molecule has 0 unspecified atom stereocenters. The zero-order valence-electron chi connectivity index (χ0n) is 11.4. The number of carbonyl (C=O) groups excluding carboxylic acids is 1. The zero-order valence-corrected chi connectivity index (χ0v) is 11.4. The van der Waals surface area contributed by atoms with Crippen molar-refractivity contribution in [2.75, 3.05) is 6.54 Å². The fourth-order valence-corrected chi connectivity index (χ4v) is 2.62. The van der Waals surface area contributed by atoms with Crippen LogP contribution in [0, 0.1) is 23.5 Å². The summed E-state index contributed by atoms with van der Waals surface area (Å²) >= 11 is 0. The smallest absolute Gasteiger partial charge is 0.306 e. The fraction of sp³-hybridized carbons (Fsp3) is 0.467. The number of nitrogens with one attached hydrogen (secondary N) is 1. The van der Waals surface area contributed by atoms with E-state index in [1.807, 2.05) is 0 Å². The molecular formula is C15H17F2NO3. The van der Waals surface area contributed by atoms with Gasteiger partial charge in [0, 0.05) is 6.54 Å². The number of benzene rings is 1. The molecule has 0 radical (unpaired) electrons. The molecule has 0 aliphatic heterocycles. The second-order valence-corrected chi connectivity index (χ2v) is 5.37. The van der Waals surface area contributed by atoms with Crippen LogP contribution in [0.3, 0.4) is 0 Å². The number of carboxylic acid groups (broad SMARTS) is 1. The van der Waals surface area contributed by atoms with Gasteiger partial charge in [-0.05, 0) is 43.7 Å². The van der Waals surface area contributed by atoms with Gasteiger partial charge in [0.25, 0.3) is 5.91 Å². The van der Waals surface area contributed by atoms with Gasteiger partial charge in [0.05, 0.1) is 11.5 Å². The molecule has 1 aliphatic rings. The maximum absolute atomic E-state index is 13.5. The van der Waals surface area contributed by atoms with Crippen LogP contribution in [0.15, 0.2) is 18.2 Å². The van der Waals surface area contributed by atoms with Gasteiger partial charge in [-0.3, -0.25) is 9.59 Å². The first-order valence-corrected chi connectivity index (χ1v) is 6.94. The molecule has 0 heterocycles. The lowest BCUT2D eigenvalue weighted by Gasteiger charge is -2.26. The third-order valence-corrected chi connectivity index (χ3v) is 3.94. The molecule has 1 aromatic rings. The Morgan fingerprint density at radius 3 is 2.48 bits per heavy atom. The Bertz CT molecular complexity index is 540. The largest absolute Gasteiger partial charge is 0.481 e. The summed E-state index contributed by atoms with van der Waals surface area (Å²) in [5.74, 6) is -3.75. The van der Waals surface area contributed by atoms with Crippen molar-refractivity contribution in [3.8, 4) is 0 Å². The third-order valence-electron chi connectivity index (χ3n) is 3.94. The molecular weight excluding hydrogens is 280 g/mol. The van der Waals surface area contributed by atoms with Crippen LogP contribution < -0.4 is 5.32 Å². The number of halogens is 2. The normalized spacial score (nSPS) is 21.8. The van der Waals surface area contributed by atoms with Gasteiger partial charge in [0.15, 0.2) is 11.6 Å². The van der Waals surface area contributed by atoms with Gasteiger partial charge >= 0.3 is 5.97 Å². The highest BCUT2D eigenvalue weighted by molar-refractivity contribution is 5.94. The number of carboxylic acids is 1. The highest BCUT2D eigenvalue weighted by Crippen LogP contribution is 2.28. The molecule has 0 spiro atoms. The summed E-state index contributed by atoms with van der Waals surface area (Å²) in [5.41, 5.74) is -0.311. The minimum Gasteiger partial charge on any atom is -0.481 e. The molecule has 6 heteroatoms. The Morgan fingerprint density at radius 1 is 1.19 bits per heavy atom. The quantitative estimate of drug-likeness (QED) is 0.897. The maximum atomic E-state index is 13.5. The Balaban J connectivity index is 1.85. The average molecular weight is 297 g/mol. The predicted octanol–water partition coefficient (Wildman–Crippen LogP) is 2.59. The van der Waals surface area contributed by atoms with Crippen LogP contribution in [-0.4, -0.2) is 23.5 Å². The molecule has 1 amide bonds. The highest BCUT2D eigenvalue weighted by atomic mass is 19.2. The molecule has 1 aliphatic carbocycles. The first kappa shape index (κ1) is 15.4. The van der Waals surface area contributed by atoms with Crippen molar-refractivity contribution in [3.05, 3.63) is 35.4 Å². The van der Waals surface area contributed by atoms with Crippen LogP contribution in [0.5, 0.6) is 0 Å². The Morgan fingerprint density at radius 2 is 1.86 bits per heavy atom. The monoisotopic (exact) mass is 297 g/mol. The highest BCUT2D eigenvalue weighted by Gasteiger charge is 2.26. The summed E-state index contributed by atoms with van der Waals surface area (Å²) in [5, 5.41) is 11.5. The second kappa shape index (κ2) is 6.65. The molecule has 0 saturated heterocycles. The topological polar surface area (TPSA) is 66.4 Å². The molecule has 1 saturated carbocycles. The molecule has 0 bridgehead atoms. The van der Waals surface area contributed by atoms with Crippen molar-refractivity contribution in [2.45, 2.75) is 25.7 Å².